The lowest BCUT2D eigenvalue weighted by Crippen LogP contribution is -2.45. The second-order valence-electron chi connectivity index (χ2n) is 4.48. The lowest BCUT2D eigenvalue weighted by Gasteiger charge is -2.28. The maximum absolute atomic E-state index is 13.7. The van der Waals surface area contributed by atoms with Crippen molar-refractivity contribution in [3.8, 4) is 0 Å². The second kappa shape index (κ2) is 6.32. The lowest BCUT2D eigenvalue weighted by atomic mass is 10.1. The van der Waals surface area contributed by atoms with Crippen molar-refractivity contribution in [1.29, 1.82) is 0 Å². The van der Waals surface area contributed by atoms with Gasteiger partial charge in [0.1, 0.15) is 5.82 Å². The molecule has 1 amide bonds. The van der Waals surface area contributed by atoms with Crippen LogP contribution < -0.4 is 5.32 Å². The molecule has 0 aliphatic carbocycles. The molecule has 1 atom stereocenters. The largest absolute Gasteiger partial charge is 0.374 e. The van der Waals surface area contributed by atoms with E-state index in [4.69, 9.17) is 16.3 Å². The summed E-state index contributed by atoms with van der Waals surface area (Å²) in [5.74, 6) is -1.04. The van der Waals surface area contributed by atoms with Crippen LogP contribution >= 0.6 is 11.6 Å². The van der Waals surface area contributed by atoms with Crippen LogP contribution in [0.3, 0.4) is 0 Å². The van der Waals surface area contributed by atoms with Crippen molar-refractivity contribution >= 4 is 17.5 Å². The molecule has 1 unspecified atom stereocenters. The molecule has 4 nitrogen and oxygen atoms in total. The van der Waals surface area contributed by atoms with E-state index < -0.39 is 11.7 Å². The summed E-state index contributed by atoms with van der Waals surface area (Å²) in [7, 11) is 1.61. The molecule has 0 spiro atoms. The number of carbonyl (C=O) groups excluding carboxylic acids is 1. The highest BCUT2D eigenvalue weighted by molar-refractivity contribution is 6.33. The fourth-order valence-corrected chi connectivity index (χ4v) is 2.26. The van der Waals surface area contributed by atoms with Crippen LogP contribution in [0.1, 0.15) is 10.4 Å². The van der Waals surface area contributed by atoms with E-state index in [0.29, 0.717) is 19.7 Å². The van der Waals surface area contributed by atoms with Gasteiger partial charge in [-0.3, -0.25) is 4.79 Å². The summed E-state index contributed by atoms with van der Waals surface area (Å²) < 4.78 is 19.2. The van der Waals surface area contributed by atoms with Gasteiger partial charge in [0.05, 0.1) is 23.3 Å². The van der Waals surface area contributed by atoms with Crippen molar-refractivity contribution in [3.05, 3.63) is 34.6 Å². The molecule has 1 saturated heterocycles. The molecule has 0 radical (unpaired) electrons. The van der Waals surface area contributed by atoms with E-state index in [2.05, 4.69) is 5.32 Å². The predicted molar refractivity (Wildman–Crippen MR) is 71.0 cm³/mol. The van der Waals surface area contributed by atoms with Crippen LogP contribution in [-0.2, 0) is 4.74 Å². The first kappa shape index (κ1) is 14.2. The molecule has 1 aromatic carbocycles. The maximum atomic E-state index is 13.7. The number of benzene rings is 1. The third kappa shape index (κ3) is 3.43. The normalized spacial score (nSPS) is 19.2. The van der Waals surface area contributed by atoms with Crippen LogP contribution in [0.2, 0.25) is 5.02 Å². The number of rotatable bonds is 3. The summed E-state index contributed by atoms with van der Waals surface area (Å²) in [6.45, 7) is 2.51. The minimum absolute atomic E-state index is 0.0757. The predicted octanol–water partition coefficient (Wildman–Crippen LogP) is 1.54. The highest BCUT2D eigenvalue weighted by Crippen LogP contribution is 2.20. The number of halogens is 2. The van der Waals surface area contributed by atoms with Gasteiger partial charge >= 0.3 is 0 Å². The number of hydrogen-bond acceptors (Lipinski definition) is 3. The maximum Gasteiger partial charge on any atom is 0.258 e. The number of nitrogens with zero attached hydrogens (tertiary/aromatic N) is 1. The Bertz CT molecular complexity index is 444. The van der Waals surface area contributed by atoms with Gasteiger partial charge in [0.25, 0.3) is 5.91 Å². The van der Waals surface area contributed by atoms with E-state index in [1.54, 1.807) is 7.05 Å². The second-order valence-corrected chi connectivity index (χ2v) is 4.89. The molecule has 6 heteroatoms. The average Bonchev–Trinajstić information content (AvgIpc) is 2.39. The molecule has 1 heterocycles. The van der Waals surface area contributed by atoms with Crippen molar-refractivity contribution < 1.29 is 13.9 Å². The van der Waals surface area contributed by atoms with E-state index in [9.17, 15) is 9.18 Å². The van der Waals surface area contributed by atoms with Gasteiger partial charge in [0.2, 0.25) is 0 Å². The molecule has 2 rings (SSSR count). The zero-order valence-electron chi connectivity index (χ0n) is 10.7. The highest BCUT2D eigenvalue weighted by Gasteiger charge is 2.23. The van der Waals surface area contributed by atoms with Crippen LogP contribution in [0.15, 0.2) is 18.2 Å². The minimum atomic E-state index is -0.605. The number of hydrogen-bond donors (Lipinski definition) is 1. The van der Waals surface area contributed by atoms with E-state index in [0.717, 1.165) is 6.54 Å². The highest BCUT2D eigenvalue weighted by atomic mass is 35.5. The number of likely N-dealkylation sites (N-methyl/N-ethyl adjacent to an activating group) is 1. The van der Waals surface area contributed by atoms with Crippen LogP contribution in [0, 0.1) is 5.82 Å². The standard InChI is InChI=1S/C13H16ClFN2O2/c1-17(8-9-7-16-5-6-19-9)13(18)12-10(14)3-2-4-11(12)15/h2-4,9,16H,5-8H2,1H3. The minimum Gasteiger partial charge on any atom is -0.374 e. The van der Waals surface area contributed by atoms with Crippen molar-refractivity contribution in [2.75, 3.05) is 33.3 Å². The number of ether oxygens (including phenoxy) is 1. The van der Waals surface area contributed by atoms with Gasteiger partial charge in [0, 0.05) is 26.7 Å². The van der Waals surface area contributed by atoms with E-state index in [1.807, 2.05) is 0 Å². The summed E-state index contributed by atoms with van der Waals surface area (Å²) in [4.78, 5) is 13.6. The Balaban J connectivity index is 2.06. The Hall–Kier alpha value is -1.17. The van der Waals surface area contributed by atoms with Gasteiger partial charge in [-0.05, 0) is 12.1 Å². The third-order valence-corrected chi connectivity index (χ3v) is 3.32. The number of carbonyl (C=O) groups is 1. The van der Waals surface area contributed by atoms with Crippen LogP contribution in [0.25, 0.3) is 0 Å². The van der Waals surface area contributed by atoms with E-state index in [1.165, 1.54) is 23.1 Å². The van der Waals surface area contributed by atoms with Gasteiger partial charge in [-0.15, -0.1) is 0 Å². The number of morpholine rings is 1. The first-order valence-corrected chi connectivity index (χ1v) is 6.49. The molecular weight excluding hydrogens is 271 g/mol. The van der Waals surface area contributed by atoms with Gasteiger partial charge in [-0.2, -0.15) is 0 Å². The third-order valence-electron chi connectivity index (χ3n) is 3.01. The topological polar surface area (TPSA) is 41.6 Å². The summed E-state index contributed by atoms with van der Waals surface area (Å²) in [5, 5.41) is 3.30. The Labute approximate surface area is 116 Å². The first-order valence-electron chi connectivity index (χ1n) is 6.11. The quantitative estimate of drug-likeness (QED) is 0.916. The molecule has 1 N–H and O–H groups in total. The van der Waals surface area contributed by atoms with Gasteiger partial charge < -0.3 is 15.0 Å². The fourth-order valence-electron chi connectivity index (χ4n) is 2.02. The molecule has 1 aliphatic rings. The summed E-state index contributed by atoms with van der Waals surface area (Å²) in [5.41, 5.74) is -0.0876. The molecule has 1 aromatic rings. The Morgan fingerprint density at radius 2 is 2.42 bits per heavy atom. The first-order chi connectivity index (χ1) is 9.09. The van der Waals surface area contributed by atoms with Crippen molar-refractivity contribution in [2.45, 2.75) is 6.10 Å². The molecule has 104 valence electrons. The summed E-state index contributed by atoms with van der Waals surface area (Å²) in [6.07, 6.45) is -0.0757. The zero-order chi connectivity index (χ0) is 13.8. The van der Waals surface area contributed by atoms with Gasteiger partial charge in [0.15, 0.2) is 0 Å². The molecule has 0 saturated carbocycles. The monoisotopic (exact) mass is 286 g/mol. The fraction of sp³-hybridized carbons (Fsp3) is 0.462. The molecular formula is C13H16ClFN2O2. The Morgan fingerprint density at radius 1 is 1.63 bits per heavy atom. The molecule has 1 aliphatic heterocycles. The summed E-state index contributed by atoms with van der Waals surface area (Å²) in [6, 6.07) is 4.21. The van der Waals surface area contributed by atoms with Crippen LogP contribution in [-0.4, -0.2) is 50.2 Å². The van der Waals surface area contributed by atoms with Crippen molar-refractivity contribution in [1.82, 2.24) is 10.2 Å². The molecule has 19 heavy (non-hydrogen) atoms. The number of nitrogens with one attached hydrogen (secondary N) is 1. The van der Waals surface area contributed by atoms with E-state index in [-0.39, 0.29) is 16.7 Å². The van der Waals surface area contributed by atoms with Crippen LogP contribution in [0.4, 0.5) is 4.39 Å². The van der Waals surface area contributed by atoms with E-state index >= 15 is 0 Å². The smallest absolute Gasteiger partial charge is 0.258 e. The molecule has 0 bridgehead atoms. The van der Waals surface area contributed by atoms with Crippen molar-refractivity contribution in [3.63, 3.8) is 0 Å². The lowest BCUT2D eigenvalue weighted by molar-refractivity contribution is 0.0103. The number of amides is 1. The van der Waals surface area contributed by atoms with Crippen molar-refractivity contribution in [2.24, 2.45) is 0 Å². The Kier molecular flexibility index (Phi) is 4.74. The SMILES string of the molecule is CN(CC1CNCCO1)C(=O)c1c(F)cccc1Cl. The van der Waals surface area contributed by atoms with Crippen LogP contribution in [0.5, 0.6) is 0 Å². The summed E-state index contributed by atoms with van der Waals surface area (Å²) >= 11 is 5.88. The zero-order valence-corrected chi connectivity index (χ0v) is 11.4. The molecule has 1 fully saturated rings. The Morgan fingerprint density at radius 3 is 3.05 bits per heavy atom. The molecule has 0 aromatic heterocycles. The average molecular weight is 287 g/mol. The van der Waals surface area contributed by atoms with Gasteiger partial charge in [-0.25, -0.2) is 4.39 Å². The van der Waals surface area contributed by atoms with Gasteiger partial charge in [-0.1, -0.05) is 17.7 Å².